The molecule has 5 rings (SSSR count). The zero-order valence-electron chi connectivity index (χ0n) is 17.0. The standard InChI is InChI=1S/C24H24N4O2/c1-16-6-8-17(9-7-16)10-11-28-15-19(13-23(28)29)24-26-22(30-27-24)12-18-14-25-21-5-3-2-4-20(18)21/h2-9,14,19,25H,10-13,15H2,1H3. The second kappa shape index (κ2) is 7.78. The Kier molecular flexibility index (Phi) is 4.83. The molecule has 1 saturated heterocycles. The number of nitrogens with zero attached hydrogens (tertiary/aromatic N) is 3. The van der Waals surface area contributed by atoms with Crippen molar-refractivity contribution >= 4 is 16.8 Å². The first-order chi connectivity index (χ1) is 14.7. The number of nitrogens with one attached hydrogen (secondary N) is 1. The molecule has 1 N–H and O–H groups in total. The van der Waals surface area contributed by atoms with Crippen molar-refractivity contribution in [2.24, 2.45) is 0 Å². The minimum Gasteiger partial charge on any atom is -0.361 e. The summed E-state index contributed by atoms with van der Waals surface area (Å²) in [6.07, 6.45) is 3.87. The molecule has 1 amide bonds. The van der Waals surface area contributed by atoms with Crippen LogP contribution in [-0.2, 0) is 17.6 Å². The number of rotatable bonds is 6. The molecule has 6 nitrogen and oxygen atoms in total. The van der Waals surface area contributed by atoms with Crippen molar-refractivity contribution < 1.29 is 9.32 Å². The van der Waals surface area contributed by atoms with Crippen molar-refractivity contribution in [2.75, 3.05) is 13.1 Å². The van der Waals surface area contributed by atoms with Gasteiger partial charge in [-0.2, -0.15) is 4.98 Å². The smallest absolute Gasteiger partial charge is 0.231 e. The molecule has 0 radical (unpaired) electrons. The molecule has 4 aromatic rings. The zero-order valence-corrected chi connectivity index (χ0v) is 17.0. The maximum absolute atomic E-state index is 12.5. The summed E-state index contributed by atoms with van der Waals surface area (Å²) in [6.45, 7) is 3.45. The van der Waals surface area contributed by atoms with Crippen LogP contribution in [-0.4, -0.2) is 39.0 Å². The molecule has 6 heteroatoms. The van der Waals surface area contributed by atoms with Crippen LogP contribution in [0.5, 0.6) is 0 Å². The molecule has 0 saturated carbocycles. The molecule has 2 aromatic carbocycles. The first kappa shape index (κ1) is 18.6. The van der Waals surface area contributed by atoms with Gasteiger partial charge in [0.2, 0.25) is 11.8 Å². The third-order valence-corrected chi connectivity index (χ3v) is 5.87. The second-order valence-corrected chi connectivity index (χ2v) is 8.06. The Morgan fingerprint density at radius 2 is 2.00 bits per heavy atom. The quantitative estimate of drug-likeness (QED) is 0.531. The molecule has 1 unspecified atom stereocenters. The van der Waals surface area contributed by atoms with E-state index in [0.717, 1.165) is 29.4 Å². The Morgan fingerprint density at radius 1 is 1.17 bits per heavy atom. The van der Waals surface area contributed by atoms with Gasteiger partial charge in [0.05, 0.1) is 6.42 Å². The van der Waals surface area contributed by atoms with Gasteiger partial charge in [-0.25, -0.2) is 0 Å². The van der Waals surface area contributed by atoms with Crippen LogP contribution in [0.1, 0.15) is 40.7 Å². The highest BCUT2D eigenvalue weighted by atomic mass is 16.5. The summed E-state index contributed by atoms with van der Waals surface area (Å²) in [7, 11) is 0. The van der Waals surface area contributed by atoms with Crippen LogP contribution in [0.3, 0.4) is 0 Å². The normalized spacial score (nSPS) is 16.6. The number of hydrogen-bond acceptors (Lipinski definition) is 4. The first-order valence-corrected chi connectivity index (χ1v) is 10.4. The number of benzene rings is 2. The highest BCUT2D eigenvalue weighted by molar-refractivity contribution is 5.83. The molecule has 152 valence electrons. The van der Waals surface area contributed by atoms with Crippen LogP contribution in [0.25, 0.3) is 10.9 Å². The molecule has 1 aliphatic rings. The van der Waals surface area contributed by atoms with E-state index in [1.54, 1.807) is 0 Å². The van der Waals surface area contributed by atoms with Gasteiger partial charge in [0, 0.05) is 42.5 Å². The van der Waals surface area contributed by atoms with Gasteiger partial charge < -0.3 is 14.4 Å². The average molecular weight is 400 g/mol. The first-order valence-electron chi connectivity index (χ1n) is 10.4. The third kappa shape index (κ3) is 3.73. The molecule has 1 atom stereocenters. The summed E-state index contributed by atoms with van der Waals surface area (Å²) < 4.78 is 5.51. The maximum atomic E-state index is 12.5. The van der Waals surface area contributed by atoms with Gasteiger partial charge in [0.25, 0.3) is 0 Å². The van der Waals surface area contributed by atoms with Crippen LogP contribution in [0.15, 0.2) is 59.3 Å². The molecule has 1 fully saturated rings. The van der Waals surface area contributed by atoms with Crippen LogP contribution in [0.2, 0.25) is 0 Å². The molecule has 0 bridgehead atoms. The van der Waals surface area contributed by atoms with E-state index in [0.29, 0.717) is 31.1 Å². The molecular formula is C24H24N4O2. The number of aromatic amines is 1. The number of aryl methyl sites for hydroxylation is 1. The summed E-state index contributed by atoms with van der Waals surface area (Å²) >= 11 is 0. The molecule has 1 aliphatic heterocycles. The number of H-pyrrole nitrogens is 1. The van der Waals surface area contributed by atoms with E-state index in [1.807, 2.05) is 29.3 Å². The number of carbonyl (C=O) groups excluding carboxylic acids is 1. The largest absolute Gasteiger partial charge is 0.361 e. The molecule has 3 heterocycles. The molecule has 2 aromatic heterocycles. The SMILES string of the molecule is Cc1ccc(CCN2CC(c3noc(Cc4c[nH]c5ccccc45)n3)CC2=O)cc1. The lowest BCUT2D eigenvalue weighted by atomic mass is 10.1. The summed E-state index contributed by atoms with van der Waals surface area (Å²) in [6, 6.07) is 16.6. The summed E-state index contributed by atoms with van der Waals surface area (Å²) in [4.78, 5) is 22.3. The minimum absolute atomic E-state index is 0.00372. The predicted octanol–water partition coefficient (Wildman–Crippen LogP) is 4.01. The monoisotopic (exact) mass is 400 g/mol. The molecule has 0 spiro atoms. The lowest BCUT2D eigenvalue weighted by Crippen LogP contribution is -2.27. The number of para-hydroxylation sites is 1. The average Bonchev–Trinajstić information content (AvgIpc) is 3.47. The van der Waals surface area contributed by atoms with Crippen molar-refractivity contribution in [2.45, 2.75) is 32.1 Å². The fourth-order valence-corrected chi connectivity index (χ4v) is 4.13. The maximum Gasteiger partial charge on any atom is 0.231 e. The number of aromatic nitrogens is 3. The van der Waals surface area contributed by atoms with Crippen LogP contribution < -0.4 is 0 Å². The number of amides is 1. The van der Waals surface area contributed by atoms with E-state index >= 15 is 0 Å². The van der Waals surface area contributed by atoms with Crippen molar-refractivity contribution in [3.63, 3.8) is 0 Å². The lowest BCUT2D eigenvalue weighted by Gasteiger charge is -2.16. The van der Waals surface area contributed by atoms with E-state index in [2.05, 4.69) is 52.4 Å². The zero-order chi connectivity index (χ0) is 20.5. The summed E-state index contributed by atoms with van der Waals surface area (Å²) in [5.74, 6) is 1.38. The Hall–Kier alpha value is -3.41. The second-order valence-electron chi connectivity index (χ2n) is 8.06. The van der Waals surface area contributed by atoms with Gasteiger partial charge in [0.15, 0.2) is 5.82 Å². The fourth-order valence-electron chi connectivity index (χ4n) is 4.13. The van der Waals surface area contributed by atoms with E-state index in [-0.39, 0.29) is 11.8 Å². The van der Waals surface area contributed by atoms with Crippen molar-refractivity contribution in [3.8, 4) is 0 Å². The predicted molar refractivity (Wildman–Crippen MR) is 114 cm³/mol. The van der Waals surface area contributed by atoms with Gasteiger partial charge in [-0.3, -0.25) is 4.79 Å². The highest BCUT2D eigenvalue weighted by Crippen LogP contribution is 2.27. The highest BCUT2D eigenvalue weighted by Gasteiger charge is 2.33. The third-order valence-electron chi connectivity index (χ3n) is 5.87. The van der Waals surface area contributed by atoms with E-state index in [4.69, 9.17) is 4.52 Å². The minimum atomic E-state index is -0.00372. The number of fused-ring (bicyclic) bond motifs is 1. The Labute approximate surface area is 174 Å². The Morgan fingerprint density at radius 3 is 2.87 bits per heavy atom. The number of likely N-dealkylation sites (tertiary alicyclic amines) is 1. The molecule has 30 heavy (non-hydrogen) atoms. The molecular weight excluding hydrogens is 376 g/mol. The van der Waals surface area contributed by atoms with Gasteiger partial charge in [-0.1, -0.05) is 53.2 Å². The van der Waals surface area contributed by atoms with E-state index < -0.39 is 0 Å². The van der Waals surface area contributed by atoms with Gasteiger partial charge in [-0.15, -0.1) is 0 Å². The van der Waals surface area contributed by atoms with Gasteiger partial charge >= 0.3 is 0 Å². The van der Waals surface area contributed by atoms with E-state index in [1.165, 1.54) is 11.1 Å². The van der Waals surface area contributed by atoms with Crippen molar-refractivity contribution in [1.82, 2.24) is 20.0 Å². The summed E-state index contributed by atoms with van der Waals surface area (Å²) in [5.41, 5.74) is 4.72. The topological polar surface area (TPSA) is 75.0 Å². The molecule has 0 aliphatic carbocycles. The Balaban J connectivity index is 1.23. The number of hydrogen-bond donors (Lipinski definition) is 1. The van der Waals surface area contributed by atoms with E-state index in [9.17, 15) is 4.79 Å². The lowest BCUT2D eigenvalue weighted by molar-refractivity contribution is -0.127. The van der Waals surface area contributed by atoms with Crippen LogP contribution in [0.4, 0.5) is 0 Å². The Bertz CT molecular complexity index is 1180. The van der Waals surface area contributed by atoms with Gasteiger partial charge in [0.1, 0.15) is 0 Å². The van der Waals surface area contributed by atoms with Crippen molar-refractivity contribution in [1.29, 1.82) is 0 Å². The number of carbonyl (C=O) groups is 1. The van der Waals surface area contributed by atoms with Crippen LogP contribution in [0, 0.1) is 6.92 Å². The van der Waals surface area contributed by atoms with Crippen LogP contribution >= 0.6 is 0 Å². The van der Waals surface area contributed by atoms with Crippen molar-refractivity contribution in [3.05, 3.63) is 83.1 Å². The fraction of sp³-hybridized carbons (Fsp3) is 0.292. The van der Waals surface area contributed by atoms with Gasteiger partial charge in [-0.05, 0) is 30.5 Å². The summed E-state index contributed by atoms with van der Waals surface area (Å²) in [5, 5.41) is 5.34.